The van der Waals surface area contributed by atoms with Crippen molar-refractivity contribution in [2.75, 3.05) is 18.0 Å². The number of urea groups is 1. The third kappa shape index (κ3) is 5.11. The molecule has 1 aliphatic heterocycles. The minimum atomic E-state index is -1.07. The van der Waals surface area contributed by atoms with Gasteiger partial charge in [0.15, 0.2) is 0 Å². The monoisotopic (exact) mass is 381 g/mol. The van der Waals surface area contributed by atoms with E-state index in [1.54, 1.807) is 0 Å². The smallest absolute Gasteiger partial charge is 0.326 e. The Bertz CT molecular complexity index is 715. The highest BCUT2D eigenvalue weighted by molar-refractivity contribution is 6.34. The molecule has 3 amide bonds. The number of carbonyl (C=O) groups is 3. The molecule has 1 atom stereocenters. The number of hydrogen-bond acceptors (Lipinski definition) is 3. The molecule has 142 valence electrons. The molecular weight excluding hydrogens is 358 g/mol. The molecule has 0 aromatic heterocycles. The lowest BCUT2D eigenvalue weighted by Crippen LogP contribution is -2.41. The Morgan fingerprint density at radius 1 is 1.38 bits per heavy atom. The number of rotatable bonds is 6. The van der Waals surface area contributed by atoms with Crippen molar-refractivity contribution in [1.82, 2.24) is 10.6 Å². The van der Waals surface area contributed by atoms with Crippen LogP contribution in [0, 0.1) is 5.41 Å². The van der Waals surface area contributed by atoms with Crippen molar-refractivity contribution in [3.05, 3.63) is 28.8 Å². The van der Waals surface area contributed by atoms with Crippen LogP contribution in [0.1, 0.15) is 44.0 Å². The summed E-state index contributed by atoms with van der Waals surface area (Å²) in [6, 6.07) is 3.29. The van der Waals surface area contributed by atoms with Crippen molar-refractivity contribution in [3.63, 3.8) is 0 Å². The maximum Gasteiger partial charge on any atom is 0.326 e. The van der Waals surface area contributed by atoms with Gasteiger partial charge in [0.2, 0.25) is 0 Å². The maximum atomic E-state index is 12.5. The van der Waals surface area contributed by atoms with E-state index in [-0.39, 0.29) is 17.0 Å². The number of carboxylic acids is 1. The SMILES string of the molecule is CC(C)(C)CCC(NC(=O)c1ccc(Cl)c(N2CCNC2=O)c1)C(=O)O. The minimum Gasteiger partial charge on any atom is -0.480 e. The first kappa shape index (κ1) is 20.0. The van der Waals surface area contributed by atoms with Crippen LogP contribution in [0.5, 0.6) is 0 Å². The molecule has 1 aliphatic rings. The summed E-state index contributed by atoms with van der Waals surface area (Å²) in [5.41, 5.74) is 0.650. The minimum absolute atomic E-state index is 0.0328. The predicted octanol–water partition coefficient (Wildman–Crippen LogP) is 2.88. The third-order valence-electron chi connectivity index (χ3n) is 4.14. The van der Waals surface area contributed by atoms with Crippen molar-refractivity contribution >= 4 is 35.2 Å². The van der Waals surface area contributed by atoms with E-state index in [2.05, 4.69) is 10.6 Å². The fourth-order valence-electron chi connectivity index (χ4n) is 2.64. The van der Waals surface area contributed by atoms with Gasteiger partial charge in [-0.1, -0.05) is 32.4 Å². The van der Waals surface area contributed by atoms with Crippen molar-refractivity contribution in [2.24, 2.45) is 5.41 Å². The van der Waals surface area contributed by atoms with E-state index in [1.807, 2.05) is 20.8 Å². The first-order valence-electron chi connectivity index (χ1n) is 8.47. The van der Waals surface area contributed by atoms with Crippen molar-refractivity contribution in [1.29, 1.82) is 0 Å². The van der Waals surface area contributed by atoms with Crippen LogP contribution in [0.25, 0.3) is 0 Å². The lowest BCUT2D eigenvalue weighted by atomic mass is 9.88. The van der Waals surface area contributed by atoms with E-state index in [1.165, 1.54) is 23.1 Å². The maximum absolute atomic E-state index is 12.5. The van der Waals surface area contributed by atoms with E-state index in [9.17, 15) is 19.5 Å². The van der Waals surface area contributed by atoms with Gasteiger partial charge < -0.3 is 15.7 Å². The molecule has 8 heteroatoms. The lowest BCUT2D eigenvalue weighted by Gasteiger charge is -2.22. The van der Waals surface area contributed by atoms with Crippen molar-refractivity contribution < 1.29 is 19.5 Å². The molecule has 1 saturated heterocycles. The Kier molecular flexibility index (Phi) is 6.13. The summed E-state index contributed by atoms with van der Waals surface area (Å²) >= 11 is 6.15. The molecular formula is C18H24ClN3O4. The first-order valence-corrected chi connectivity index (χ1v) is 8.85. The summed E-state index contributed by atoms with van der Waals surface area (Å²) in [5, 5.41) is 14.9. The number of nitrogens with one attached hydrogen (secondary N) is 2. The number of nitrogens with zero attached hydrogens (tertiary/aromatic N) is 1. The van der Waals surface area contributed by atoms with Crippen LogP contribution in [0.4, 0.5) is 10.5 Å². The van der Waals surface area contributed by atoms with Gasteiger partial charge in [-0.05, 0) is 36.5 Å². The number of benzene rings is 1. The lowest BCUT2D eigenvalue weighted by molar-refractivity contribution is -0.139. The molecule has 26 heavy (non-hydrogen) atoms. The Balaban J connectivity index is 2.15. The molecule has 0 saturated carbocycles. The highest BCUT2D eigenvalue weighted by Crippen LogP contribution is 2.28. The number of amides is 3. The molecule has 2 rings (SSSR count). The number of aliphatic carboxylic acids is 1. The topological polar surface area (TPSA) is 98.7 Å². The van der Waals surface area contributed by atoms with E-state index < -0.39 is 17.9 Å². The Hall–Kier alpha value is -2.28. The van der Waals surface area contributed by atoms with Gasteiger partial charge in [0.25, 0.3) is 5.91 Å². The van der Waals surface area contributed by atoms with Gasteiger partial charge in [-0.15, -0.1) is 0 Å². The third-order valence-corrected chi connectivity index (χ3v) is 4.46. The van der Waals surface area contributed by atoms with E-state index in [0.29, 0.717) is 36.6 Å². The second kappa shape index (κ2) is 7.95. The summed E-state index contributed by atoms with van der Waals surface area (Å²) in [5.74, 6) is -1.58. The summed E-state index contributed by atoms with van der Waals surface area (Å²) < 4.78 is 0. The van der Waals surface area contributed by atoms with Gasteiger partial charge >= 0.3 is 12.0 Å². The Labute approximate surface area is 157 Å². The first-order chi connectivity index (χ1) is 12.1. The summed E-state index contributed by atoms with van der Waals surface area (Å²) in [6.07, 6.45) is 0.990. The van der Waals surface area contributed by atoms with E-state index in [4.69, 9.17) is 11.6 Å². The molecule has 1 aromatic rings. The molecule has 0 spiro atoms. The molecule has 0 bridgehead atoms. The van der Waals surface area contributed by atoms with Crippen LogP contribution in [-0.2, 0) is 4.79 Å². The zero-order valence-corrected chi connectivity index (χ0v) is 15.9. The number of carbonyl (C=O) groups excluding carboxylic acids is 2. The largest absolute Gasteiger partial charge is 0.480 e. The fraction of sp³-hybridized carbons (Fsp3) is 0.500. The zero-order chi connectivity index (χ0) is 19.5. The van der Waals surface area contributed by atoms with Crippen molar-refractivity contribution in [3.8, 4) is 0 Å². The summed E-state index contributed by atoms with van der Waals surface area (Å²) in [7, 11) is 0. The Morgan fingerprint density at radius 3 is 2.62 bits per heavy atom. The quantitative estimate of drug-likeness (QED) is 0.705. The molecule has 0 radical (unpaired) electrons. The number of halogens is 1. The Morgan fingerprint density at radius 2 is 2.08 bits per heavy atom. The second-order valence-electron chi connectivity index (χ2n) is 7.51. The van der Waals surface area contributed by atoms with Crippen LogP contribution >= 0.6 is 11.6 Å². The molecule has 1 heterocycles. The van der Waals surface area contributed by atoms with Crippen LogP contribution in [-0.4, -0.2) is 42.1 Å². The molecule has 1 unspecified atom stereocenters. The molecule has 0 aliphatic carbocycles. The number of anilines is 1. The predicted molar refractivity (Wildman–Crippen MR) is 99.8 cm³/mol. The molecule has 7 nitrogen and oxygen atoms in total. The second-order valence-corrected chi connectivity index (χ2v) is 7.92. The van der Waals surface area contributed by atoms with Gasteiger partial charge in [-0.25, -0.2) is 9.59 Å². The number of carboxylic acid groups (broad SMARTS) is 1. The van der Waals surface area contributed by atoms with Gasteiger partial charge in [-0.3, -0.25) is 9.69 Å². The van der Waals surface area contributed by atoms with Gasteiger partial charge in [-0.2, -0.15) is 0 Å². The van der Waals surface area contributed by atoms with Crippen LogP contribution in [0.15, 0.2) is 18.2 Å². The van der Waals surface area contributed by atoms with Crippen LogP contribution in [0.3, 0.4) is 0 Å². The molecule has 1 fully saturated rings. The molecule has 1 aromatic carbocycles. The normalized spacial score (nSPS) is 15.5. The van der Waals surface area contributed by atoms with Gasteiger partial charge in [0.05, 0.1) is 10.7 Å². The summed E-state index contributed by atoms with van der Waals surface area (Å²) in [6.45, 7) is 6.99. The van der Waals surface area contributed by atoms with E-state index in [0.717, 1.165) is 0 Å². The highest BCUT2D eigenvalue weighted by Gasteiger charge is 2.26. The number of hydrogen-bond donors (Lipinski definition) is 3. The average Bonchev–Trinajstić information content (AvgIpc) is 2.96. The van der Waals surface area contributed by atoms with Crippen LogP contribution in [0.2, 0.25) is 5.02 Å². The van der Waals surface area contributed by atoms with Gasteiger partial charge in [0, 0.05) is 18.7 Å². The van der Waals surface area contributed by atoms with E-state index >= 15 is 0 Å². The molecule has 3 N–H and O–H groups in total. The summed E-state index contributed by atoms with van der Waals surface area (Å²) in [4.78, 5) is 37.3. The highest BCUT2D eigenvalue weighted by atomic mass is 35.5. The average molecular weight is 382 g/mol. The fourth-order valence-corrected chi connectivity index (χ4v) is 2.86. The standard InChI is InChI=1S/C18H24ClN3O4/c1-18(2,3)7-6-13(16(24)25)21-15(23)11-4-5-12(19)14(10-11)22-9-8-20-17(22)26/h4-5,10,13H,6-9H2,1-3H3,(H,20,26)(H,21,23)(H,24,25). The van der Waals surface area contributed by atoms with Crippen molar-refractivity contribution in [2.45, 2.75) is 39.7 Å². The van der Waals surface area contributed by atoms with Gasteiger partial charge in [0.1, 0.15) is 6.04 Å². The van der Waals surface area contributed by atoms with Crippen LogP contribution < -0.4 is 15.5 Å². The zero-order valence-electron chi connectivity index (χ0n) is 15.1.